The molecule has 1 aromatic carbocycles. The molecule has 1 rings (SSSR count). The maximum absolute atomic E-state index is 12.2. The highest BCUT2D eigenvalue weighted by atomic mass is 32.2. The third-order valence-electron chi connectivity index (χ3n) is 3.64. The zero-order valence-corrected chi connectivity index (χ0v) is 15.2. The minimum Gasteiger partial charge on any atom is -0.496 e. The molecule has 130 valence electrons. The molecule has 0 aliphatic rings. The fourth-order valence-corrected chi connectivity index (χ4v) is 3.23. The molecule has 0 radical (unpaired) electrons. The van der Waals surface area contributed by atoms with Crippen LogP contribution in [0.2, 0.25) is 0 Å². The third-order valence-corrected chi connectivity index (χ3v) is 4.61. The van der Waals surface area contributed by atoms with E-state index in [2.05, 4.69) is 0 Å². The number of benzene rings is 1. The Morgan fingerprint density at radius 3 is 2.26 bits per heavy atom. The summed E-state index contributed by atoms with van der Waals surface area (Å²) in [5.41, 5.74) is 8.80. The number of hydrogen-bond donors (Lipinski definition) is 1. The minimum atomic E-state index is -3.12. The van der Waals surface area contributed by atoms with Gasteiger partial charge in [0.2, 0.25) is 5.91 Å². The number of amides is 1. The van der Waals surface area contributed by atoms with Crippen molar-refractivity contribution in [2.24, 2.45) is 5.73 Å². The maximum Gasteiger partial charge on any atom is 0.239 e. The Morgan fingerprint density at radius 1 is 1.30 bits per heavy atom. The van der Waals surface area contributed by atoms with Crippen LogP contribution in [0.3, 0.4) is 0 Å². The zero-order valence-electron chi connectivity index (χ0n) is 14.4. The van der Waals surface area contributed by atoms with Crippen molar-refractivity contribution in [1.29, 1.82) is 0 Å². The molecule has 1 amide bonds. The van der Waals surface area contributed by atoms with E-state index in [1.165, 1.54) is 4.90 Å². The average molecular weight is 342 g/mol. The molecule has 6 nitrogen and oxygen atoms in total. The molecular weight excluding hydrogens is 316 g/mol. The van der Waals surface area contributed by atoms with Gasteiger partial charge >= 0.3 is 0 Å². The van der Waals surface area contributed by atoms with Crippen molar-refractivity contribution in [2.45, 2.75) is 32.9 Å². The number of aryl methyl sites for hydroxylation is 2. The Bertz CT molecular complexity index is 648. The van der Waals surface area contributed by atoms with E-state index in [-0.39, 0.29) is 18.1 Å². The van der Waals surface area contributed by atoms with Gasteiger partial charge in [0, 0.05) is 19.8 Å². The summed E-state index contributed by atoms with van der Waals surface area (Å²) in [6.45, 7) is 4.32. The number of nitrogens with zero attached hydrogens (tertiary/aromatic N) is 1. The van der Waals surface area contributed by atoms with Gasteiger partial charge in [0.05, 0.1) is 18.9 Å². The van der Waals surface area contributed by atoms with Gasteiger partial charge in [-0.2, -0.15) is 0 Å². The Balaban J connectivity index is 2.75. The van der Waals surface area contributed by atoms with E-state index in [4.69, 9.17) is 10.5 Å². The molecule has 23 heavy (non-hydrogen) atoms. The Morgan fingerprint density at radius 2 is 1.83 bits per heavy atom. The first-order valence-corrected chi connectivity index (χ1v) is 9.43. The summed E-state index contributed by atoms with van der Waals surface area (Å²) in [7, 11) is 0.174. The SMILES string of the molecule is COc1c(C)cc(CN(C)C(=O)C(N)CCS(C)(=O)=O)cc1C. The normalized spacial score (nSPS) is 12.8. The van der Waals surface area contributed by atoms with E-state index in [9.17, 15) is 13.2 Å². The van der Waals surface area contributed by atoms with Gasteiger partial charge in [0.25, 0.3) is 0 Å². The fourth-order valence-electron chi connectivity index (χ4n) is 2.55. The first kappa shape index (κ1) is 19.4. The highest BCUT2D eigenvalue weighted by Gasteiger charge is 2.20. The lowest BCUT2D eigenvalue weighted by atomic mass is 10.0. The molecule has 0 fully saturated rings. The third kappa shape index (κ3) is 5.84. The summed E-state index contributed by atoms with van der Waals surface area (Å²) in [6, 6.07) is 3.13. The summed E-state index contributed by atoms with van der Waals surface area (Å²) in [5.74, 6) is 0.487. The van der Waals surface area contributed by atoms with E-state index in [0.717, 1.165) is 28.7 Å². The smallest absolute Gasteiger partial charge is 0.239 e. The average Bonchev–Trinajstić information content (AvgIpc) is 2.42. The zero-order chi connectivity index (χ0) is 17.8. The maximum atomic E-state index is 12.2. The largest absolute Gasteiger partial charge is 0.496 e. The summed E-state index contributed by atoms with van der Waals surface area (Å²) < 4.78 is 27.7. The molecule has 1 atom stereocenters. The second-order valence-electron chi connectivity index (χ2n) is 5.98. The van der Waals surface area contributed by atoms with Crippen LogP contribution in [0.4, 0.5) is 0 Å². The van der Waals surface area contributed by atoms with Crippen molar-refractivity contribution in [3.05, 3.63) is 28.8 Å². The van der Waals surface area contributed by atoms with Crippen molar-refractivity contribution >= 4 is 15.7 Å². The molecule has 0 aliphatic carbocycles. The van der Waals surface area contributed by atoms with Crippen LogP contribution in [0.1, 0.15) is 23.1 Å². The summed E-state index contributed by atoms with van der Waals surface area (Å²) in [6.07, 6.45) is 1.26. The first-order chi connectivity index (χ1) is 10.5. The van der Waals surface area contributed by atoms with Gasteiger partial charge in [-0.25, -0.2) is 8.42 Å². The van der Waals surface area contributed by atoms with E-state index in [1.54, 1.807) is 14.2 Å². The molecule has 0 saturated carbocycles. The predicted molar refractivity (Wildman–Crippen MR) is 91.2 cm³/mol. The summed E-state index contributed by atoms with van der Waals surface area (Å²) in [5, 5.41) is 0. The van der Waals surface area contributed by atoms with Crippen molar-refractivity contribution in [2.75, 3.05) is 26.2 Å². The number of ether oxygens (including phenoxy) is 1. The Hall–Kier alpha value is -1.60. The van der Waals surface area contributed by atoms with Crippen LogP contribution in [0.25, 0.3) is 0 Å². The van der Waals surface area contributed by atoms with Gasteiger partial charge in [0.1, 0.15) is 15.6 Å². The van der Waals surface area contributed by atoms with E-state index in [0.29, 0.717) is 6.54 Å². The number of hydrogen-bond acceptors (Lipinski definition) is 5. The van der Waals surface area contributed by atoms with Gasteiger partial charge < -0.3 is 15.4 Å². The molecule has 1 unspecified atom stereocenters. The molecule has 0 saturated heterocycles. The molecule has 0 bridgehead atoms. The quantitative estimate of drug-likeness (QED) is 0.799. The monoisotopic (exact) mass is 342 g/mol. The van der Waals surface area contributed by atoms with Crippen LogP contribution >= 0.6 is 0 Å². The van der Waals surface area contributed by atoms with Crippen LogP contribution in [0.5, 0.6) is 5.75 Å². The molecule has 7 heteroatoms. The van der Waals surface area contributed by atoms with Crippen LogP contribution < -0.4 is 10.5 Å². The van der Waals surface area contributed by atoms with Crippen LogP contribution in [-0.4, -0.2) is 51.4 Å². The van der Waals surface area contributed by atoms with Crippen molar-refractivity contribution in [1.82, 2.24) is 4.90 Å². The lowest BCUT2D eigenvalue weighted by Crippen LogP contribution is -2.42. The first-order valence-electron chi connectivity index (χ1n) is 7.37. The van der Waals surface area contributed by atoms with Crippen LogP contribution in [0.15, 0.2) is 12.1 Å². The van der Waals surface area contributed by atoms with Crippen molar-refractivity contribution < 1.29 is 17.9 Å². The molecule has 0 spiro atoms. The minimum absolute atomic E-state index is 0.0888. The van der Waals surface area contributed by atoms with Crippen LogP contribution in [0, 0.1) is 13.8 Å². The van der Waals surface area contributed by atoms with E-state index < -0.39 is 15.9 Å². The van der Waals surface area contributed by atoms with E-state index in [1.807, 2.05) is 26.0 Å². The number of carbonyl (C=O) groups excluding carboxylic acids is 1. The van der Waals surface area contributed by atoms with Gasteiger partial charge in [-0.15, -0.1) is 0 Å². The number of sulfone groups is 1. The molecule has 0 aliphatic heterocycles. The summed E-state index contributed by atoms with van der Waals surface area (Å²) in [4.78, 5) is 13.8. The highest BCUT2D eigenvalue weighted by Crippen LogP contribution is 2.24. The Kier molecular flexibility index (Phi) is 6.58. The van der Waals surface area contributed by atoms with Crippen LogP contribution in [-0.2, 0) is 21.2 Å². The predicted octanol–water partition coefficient (Wildman–Crippen LogP) is 1.03. The molecule has 2 N–H and O–H groups in total. The number of carbonyl (C=O) groups is 1. The van der Waals surface area contributed by atoms with Gasteiger partial charge in [-0.1, -0.05) is 12.1 Å². The molecular formula is C16H26N2O4S. The van der Waals surface area contributed by atoms with Crippen molar-refractivity contribution in [3.63, 3.8) is 0 Å². The number of likely N-dealkylation sites (N-methyl/N-ethyl adjacent to an activating group) is 1. The molecule has 0 heterocycles. The highest BCUT2D eigenvalue weighted by molar-refractivity contribution is 7.90. The second kappa shape index (κ2) is 7.79. The summed E-state index contributed by atoms with van der Waals surface area (Å²) >= 11 is 0. The lowest BCUT2D eigenvalue weighted by molar-refractivity contribution is -0.131. The topological polar surface area (TPSA) is 89.7 Å². The van der Waals surface area contributed by atoms with E-state index >= 15 is 0 Å². The second-order valence-corrected chi connectivity index (χ2v) is 8.24. The van der Waals surface area contributed by atoms with Crippen molar-refractivity contribution in [3.8, 4) is 5.75 Å². The fraction of sp³-hybridized carbons (Fsp3) is 0.562. The van der Waals surface area contributed by atoms with Gasteiger partial charge in [-0.3, -0.25) is 4.79 Å². The number of nitrogens with two attached hydrogens (primary N) is 1. The number of rotatable bonds is 7. The number of methoxy groups -OCH3 is 1. The Labute approximate surface area is 138 Å². The molecule has 0 aromatic heterocycles. The standard InChI is InChI=1S/C16H26N2O4S/c1-11-8-13(9-12(2)15(11)22-4)10-18(3)16(19)14(17)6-7-23(5,20)21/h8-9,14H,6-7,10,17H2,1-5H3. The lowest BCUT2D eigenvalue weighted by Gasteiger charge is -2.22. The molecule has 1 aromatic rings. The van der Waals surface area contributed by atoms with Gasteiger partial charge in [-0.05, 0) is 37.0 Å². The van der Waals surface area contributed by atoms with Gasteiger partial charge in [0.15, 0.2) is 0 Å².